The summed E-state index contributed by atoms with van der Waals surface area (Å²) < 4.78 is 10.4. The highest BCUT2D eigenvalue weighted by molar-refractivity contribution is 5.55. The third kappa shape index (κ3) is 3.54. The molecule has 1 unspecified atom stereocenters. The number of hydrogen-bond acceptors (Lipinski definition) is 6. The average molecular weight is 266 g/mol. The van der Waals surface area contributed by atoms with Gasteiger partial charge in [0.1, 0.15) is 17.5 Å². The lowest BCUT2D eigenvalue weighted by Crippen LogP contribution is -2.27. The summed E-state index contributed by atoms with van der Waals surface area (Å²) in [7, 11) is 3.33. The quantitative estimate of drug-likeness (QED) is 0.774. The van der Waals surface area contributed by atoms with E-state index in [4.69, 9.17) is 15.2 Å². The van der Waals surface area contributed by atoms with Crippen LogP contribution in [0, 0.1) is 6.92 Å². The monoisotopic (exact) mass is 266 g/mol. The zero-order valence-corrected chi connectivity index (χ0v) is 11.8. The molecule has 19 heavy (non-hydrogen) atoms. The normalized spacial score (nSPS) is 16.4. The van der Waals surface area contributed by atoms with Crippen molar-refractivity contribution in [3.05, 3.63) is 11.4 Å². The van der Waals surface area contributed by atoms with E-state index in [2.05, 4.69) is 15.3 Å². The second kappa shape index (κ2) is 6.16. The molecule has 6 nitrogen and oxygen atoms in total. The summed E-state index contributed by atoms with van der Waals surface area (Å²) in [5.74, 6) is 2.69. The Morgan fingerprint density at radius 1 is 1.37 bits per heavy atom. The van der Waals surface area contributed by atoms with E-state index in [9.17, 15) is 0 Å². The van der Waals surface area contributed by atoms with E-state index in [0.29, 0.717) is 24.9 Å². The highest BCUT2D eigenvalue weighted by atomic mass is 16.5. The molecular weight excluding hydrogens is 244 g/mol. The van der Waals surface area contributed by atoms with Gasteiger partial charge in [0, 0.05) is 32.2 Å². The van der Waals surface area contributed by atoms with E-state index >= 15 is 0 Å². The van der Waals surface area contributed by atoms with Gasteiger partial charge in [0.25, 0.3) is 0 Å². The molecule has 6 heteroatoms. The second-order valence-corrected chi connectivity index (χ2v) is 4.91. The maximum absolute atomic E-state index is 5.94. The molecule has 2 rings (SSSR count). The van der Waals surface area contributed by atoms with Gasteiger partial charge in [0.05, 0.1) is 12.7 Å². The third-order valence-corrected chi connectivity index (χ3v) is 3.33. The van der Waals surface area contributed by atoms with Crippen molar-refractivity contribution in [2.75, 3.05) is 38.4 Å². The largest absolute Gasteiger partial charge is 0.383 e. The first-order chi connectivity index (χ1) is 9.15. The molecule has 1 atom stereocenters. The third-order valence-electron chi connectivity index (χ3n) is 3.33. The van der Waals surface area contributed by atoms with Crippen LogP contribution in [0.1, 0.15) is 30.1 Å². The fourth-order valence-corrected chi connectivity index (χ4v) is 1.85. The number of hydrogen-bond donors (Lipinski definition) is 2. The predicted molar refractivity (Wildman–Crippen MR) is 74.3 cm³/mol. The van der Waals surface area contributed by atoms with Crippen LogP contribution in [0.4, 0.5) is 11.6 Å². The van der Waals surface area contributed by atoms with Crippen LogP contribution in [-0.4, -0.2) is 43.4 Å². The van der Waals surface area contributed by atoms with Gasteiger partial charge in [-0.1, -0.05) is 0 Å². The maximum Gasteiger partial charge on any atom is 0.136 e. The summed E-state index contributed by atoms with van der Waals surface area (Å²) in [6.45, 7) is 3.09. The number of rotatable bonds is 7. The lowest BCUT2D eigenvalue weighted by molar-refractivity contribution is 0.0365. The molecule has 0 saturated heterocycles. The van der Waals surface area contributed by atoms with Crippen molar-refractivity contribution in [1.29, 1.82) is 0 Å². The Kier molecular flexibility index (Phi) is 4.55. The van der Waals surface area contributed by atoms with Gasteiger partial charge in [-0.2, -0.15) is 0 Å². The zero-order valence-electron chi connectivity index (χ0n) is 11.8. The minimum Gasteiger partial charge on any atom is -0.383 e. The average Bonchev–Trinajstić information content (AvgIpc) is 3.23. The number of nitrogens with zero attached hydrogens (tertiary/aromatic N) is 2. The van der Waals surface area contributed by atoms with Gasteiger partial charge < -0.3 is 20.5 Å². The molecule has 1 aliphatic rings. The van der Waals surface area contributed by atoms with Crippen LogP contribution in [-0.2, 0) is 9.47 Å². The molecule has 1 aromatic rings. The van der Waals surface area contributed by atoms with E-state index in [0.717, 1.165) is 30.0 Å². The number of aromatic nitrogens is 2. The lowest BCUT2D eigenvalue weighted by Gasteiger charge is -2.17. The fourth-order valence-electron chi connectivity index (χ4n) is 1.85. The summed E-state index contributed by atoms with van der Waals surface area (Å²) in [5, 5.41) is 3.28. The van der Waals surface area contributed by atoms with Gasteiger partial charge in [0.2, 0.25) is 0 Å². The minimum atomic E-state index is -0.00929. The van der Waals surface area contributed by atoms with Crippen LogP contribution >= 0.6 is 0 Å². The molecule has 1 heterocycles. The first kappa shape index (κ1) is 14.0. The number of nitrogens with one attached hydrogen (secondary N) is 1. The van der Waals surface area contributed by atoms with Crippen molar-refractivity contribution in [2.45, 2.75) is 31.8 Å². The van der Waals surface area contributed by atoms with Crippen molar-refractivity contribution in [3.8, 4) is 0 Å². The number of ether oxygens (including phenoxy) is 2. The molecule has 0 amide bonds. The topological polar surface area (TPSA) is 82.3 Å². The molecule has 0 spiro atoms. The van der Waals surface area contributed by atoms with Gasteiger partial charge in [-0.15, -0.1) is 0 Å². The molecule has 1 aromatic heterocycles. The van der Waals surface area contributed by atoms with Crippen LogP contribution in [0.15, 0.2) is 0 Å². The molecule has 3 N–H and O–H groups in total. The Labute approximate surface area is 113 Å². The first-order valence-corrected chi connectivity index (χ1v) is 6.55. The van der Waals surface area contributed by atoms with E-state index in [1.807, 2.05) is 6.92 Å². The smallest absolute Gasteiger partial charge is 0.136 e. The Balaban J connectivity index is 2.06. The Morgan fingerprint density at radius 3 is 2.68 bits per heavy atom. The molecule has 0 aliphatic heterocycles. The van der Waals surface area contributed by atoms with Gasteiger partial charge in [-0.25, -0.2) is 9.97 Å². The van der Waals surface area contributed by atoms with E-state index in [1.165, 1.54) is 0 Å². The molecule has 0 radical (unpaired) electrons. The molecule has 0 aromatic carbocycles. The summed E-state index contributed by atoms with van der Waals surface area (Å²) in [6.07, 6.45) is 2.31. The molecule has 0 bridgehead atoms. The number of nitrogens with two attached hydrogens (primary N) is 1. The summed E-state index contributed by atoms with van der Waals surface area (Å²) in [4.78, 5) is 8.91. The van der Waals surface area contributed by atoms with Crippen LogP contribution in [0.2, 0.25) is 0 Å². The summed E-state index contributed by atoms with van der Waals surface area (Å²) in [5.41, 5.74) is 6.82. The highest BCUT2D eigenvalue weighted by Crippen LogP contribution is 2.39. The van der Waals surface area contributed by atoms with Gasteiger partial charge in [-0.3, -0.25) is 0 Å². The number of methoxy groups -OCH3 is 2. The number of nitrogen functional groups attached to an aromatic ring is 1. The van der Waals surface area contributed by atoms with Crippen LogP contribution < -0.4 is 11.1 Å². The second-order valence-electron chi connectivity index (χ2n) is 4.91. The SMILES string of the molecule is COCC(CNc1nc(C2CC2)nc(N)c1C)OC. The van der Waals surface area contributed by atoms with Crippen molar-refractivity contribution >= 4 is 11.6 Å². The first-order valence-electron chi connectivity index (χ1n) is 6.55. The van der Waals surface area contributed by atoms with E-state index in [-0.39, 0.29) is 6.10 Å². The fraction of sp³-hybridized carbons (Fsp3) is 0.692. The van der Waals surface area contributed by atoms with Crippen LogP contribution in [0.25, 0.3) is 0 Å². The minimum absolute atomic E-state index is 0.00929. The lowest BCUT2D eigenvalue weighted by atomic mass is 10.2. The molecule has 1 fully saturated rings. The van der Waals surface area contributed by atoms with E-state index < -0.39 is 0 Å². The predicted octanol–water partition coefficient (Wildman–Crippen LogP) is 1.32. The van der Waals surface area contributed by atoms with Crippen molar-refractivity contribution in [1.82, 2.24) is 9.97 Å². The van der Waals surface area contributed by atoms with Gasteiger partial charge >= 0.3 is 0 Å². The van der Waals surface area contributed by atoms with Crippen LogP contribution in [0.3, 0.4) is 0 Å². The molecule has 106 valence electrons. The zero-order chi connectivity index (χ0) is 13.8. The standard InChI is InChI=1S/C13H22N4O2/c1-8-11(14)16-13(9-4-5-9)17-12(8)15-6-10(19-3)7-18-2/h9-10H,4-7H2,1-3H3,(H3,14,15,16,17). The number of anilines is 2. The molecular formula is C13H22N4O2. The van der Waals surface area contributed by atoms with Crippen LogP contribution in [0.5, 0.6) is 0 Å². The van der Waals surface area contributed by atoms with Crippen molar-refractivity contribution in [3.63, 3.8) is 0 Å². The van der Waals surface area contributed by atoms with Gasteiger partial charge in [0.15, 0.2) is 0 Å². The molecule has 1 aliphatic carbocycles. The Bertz CT molecular complexity index is 435. The Morgan fingerprint density at radius 2 is 2.11 bits per heavy atom. The Hall–Kier alpha value is -1.40. The van der Waals surface area contributed by atoms with Crippen molar-refractivity contribution < 1.29 is 9.47 Å². The van der Waals surface area contributed by atoms with Crippen molar-refractivity contribution in [2.24, 2.45) is 0 Å². The van der Waals surface area contributed by atoms with Gasteiger partial charge in [-0.05, 0) is 19.8 Å². The molecule has 1 saturated carbocycles. The van der Waals surface area contributed by atoms with E-state index in [1.54, 1.807) is 14.2 Å². The summed E-state index contributed by atoms with van der Waals surface area (Å²) >= 11 is 0. The highest BCUT2D eigenvalue weighted by Gasteiger charge is 2.28. The maximum atomic E-state index is 5.94. The summed E-state index contributed by atoms with van der Waals surface area (Å²) in [6, 6.07) is 0.